The third-order valence-corrected chi connectivity index (χ3v) is 4.99. The number of nitrogens with zero attached hydrogens (tertiary/aromatic N) is 3. The van der Waals surface area contributed by atoms with Crippen molar-refractivity contribution in [2.75, 3.05) is 38.0 Å². The van der Waals surface area contributed by atoms with E-state index in [4.69, 9.17) is 4.99 Å². The minimum atomic E-state index is -0.239. The van der Waals surface area contributed by atoms with Gasteiger partial charge in [0.15, 0.2) is 0 Å². The number of rotatable bonds is 1. The second-order valence-corrected chi connectivity index (χ2v) is 6.69. The number of amidine groups is 1. The molecule has 0 radical (unpaired) electrons. The van der Waals surface area contributed by atoms with Gasteiger partial charge in [-0.15, -0.1) is 0 Å². The van der Waals surface area contributed by atoms with Gasteiger partial charge >= 0.3 is 0 Å². The molecule has 4 nitrogen and oxygen atoms in total. The van der Waals surface area contributed by atoms with Crippen molar-refractivity contribution in [2.45, 2.75) is 13.8 Å². The SMILES string of the molecule is CCN1CCN(C2=Nc3cc(C)ccc3Nc3cc(F)ccc32)CC1. The first-order valence-corrected chi connectivity index (χ1v) is 8.87. The van der Waals surface area contributed by atoms with Crippen molar-refractivity contribution in [2.24, 2.45) is 4.99 Å². The summed E-state index contributed by atoms with van der Waals surface area (Å²) in [5.41, 5.74) is 4.72. The van der Waals surface area contributed by atoms with Crippen molar-refractivity contribution >= 4 is 22.9 Å². The van der Waals surface area contributed by atoms with Gasteiger partial charge < -0.3 is 15.1 Å². The van der Waals surface area contributed by atoms with E-state index in [-0.39, 0.29) is 5.82 Å². The number of piperazine rings is 1. The van der Waals surface area contributed by atoms with Gasteiger partial charge in [-0.1, -0.05) is 13.0 Å². The Balaban J connectivity index is 1.79. The molecule has 0 saturated carbocycles. The van der Waals surface area contributed by atoms with Crippen molar-refractivity contribution in [1.82, 2.24) is 9.80 Å². The quantitative estimate of drug-likeness (QED) is 0.855. The lowest BCUT2D eigenvalue weighted by Crippen LogP contribution is -2.48. The normalized spacial score (nSPS) is 17.2. The molecule has 25 heavy (non-hydrogen) atoms. The summed E-state index contributed by atoms with van der Waals surface area (Å²) in [4.78, 5) is 9.75. The maximum Gasteiger partial charge on any atom is 0.138 e. The van der Waals surface area contributed by atoms with Crippen molar-refractivity contribution in [1.29, 1.82) is 0 Å². The van der Waals surface area contributed by atoms with Crippen molar-refractivity contribution < 1.29 is 4.39 Å². The highest BCUT2D eigenvalue weighted by atomic mass is 19.1. The van der Waals surface area contributed by atoms with Crippen molar-refractivity contribution in [3.05, 3.63) is 53.3 Å². The first kappa shape index (κ1) is 16.1. The third-order valence-electron chi connectivity index (χ3n) is 4.99. The number of likely N-dealkylation sites (N-methyl/N-ethyl adjacent to an activating group) is 1. The van der Waals surface area contributed by atoms with E-state index in [0.717, 1.165) is 66.7 Å². The van der Waals surface area contributed by atoms with E-state index < -0.39 is 0 Å². The van der Waals surface area contributed by atoms with Crippen LogP contribution in [0.25, 0.3) is 0 Å². The van der Waals surface area contributed by atoms with Gasteiger partial charge in [0.25, 0.3) is 0 Å². The lowest BCUT2D eigenvalue weighted by molar-refractivity contribution is 0.190. The first-order valence-electron chi connectivity index (χ1n) is 8.87. The number of nitrogens with one attached hydrogen (secondary N) is 1. The largest absolute Gasteiger partial charge is 0.353 e. The molecule has 2 aromatic carbocycles. The molecule has 0 unspecified atom stereocenters. The lowest BCUT2D eigenvalue weighted by atomic mass is 10.1. The van der Waals surface area contributed by atoms with Crippen LogP contribution in [0.15, 0.2) is 41.4 Å². The number of aryl methyl sites for hydroxylation is 1. The molecule has 130 valence electrons. The number of halogens is 1. The fourth-order valence-electron chi connectivity index (χ4n) is 3.49. The molecule has 0 bridgehead atoms. The van der Waals surface area contributed by atoms with Gasteiger partial charge in [-0.2, -0.15) is 0 Å². The Morgan fingerprint density at radius 3 is 2.60 bits per heavy atom. The van der Waals surface area contributed by atoms with E-state index in [1.54, 1.807) is 6.07 Å². The van der Waals surface area contributed by atoms with Crippen molar-refractivity contribution in [3.63, 3.8) is 0 Å². The Labute approximate surface area is 148 Å². The first-order chi connectivity index (χ1) is 12.1. The fraction of sp³-hybridized carbons (Fsp3) is 0.350. The maximum atomic E-state index is 13.8. The van der Waals surface area contributed by atoms with Crippen LogP contribution in [0.3, 0.4) is 0 Å². The van der Waals surface area contributed by atoms with E-state index in [9.17, 15) is 4.39 Å². The number of benzene rings is 2. The lowest BCUT2D eigenvalue weighted by Gasteiger charge is -2.36. The topological polar surface area (TPSA) is 30.9 Å². The molecule has 1 fully saturated rings. The highest BCUT2D eigenvalue weighted by Crippen LogP contribution is 2.36. The van der Waals surface area contributed by atoms with Crippen LogP contribution in [0.4, 0.5) is 21.5 Å². The molecule has 4 rings (SSSR count). The van der Waals surface area contributed by atoms with E-state index in [1.165, 1.54) is 6.07 Å². The Kier molecular flexibility index (Phi) is 4.17. The number of hydrogen-bond acceptors (Lipinski definition) is 4. The van der Waals surface area contributed by atoms with Crippen LogP contribution in [0, 0.1) is 12.7 Å². The van der Waals surface area contributed by atoms with Gasteiger partial charge in [-0.3, -0.25) is 0 Å². The summed E-state index contributed by atoms with van der Waals surface area (Å²) >= 11 is 0. The summed E-state index contributed by atoms with van der Waals surface area (Å²) < 4.78 is 13.8. The summed E-state index contributed by atoms with van der Waals surface area (Å²) in [5.74, 6) is 0.694. The van der Waals surface area contributed by atoms with E-state index in [0.29, 0.717) is 0 Å². The summed E-state index contributed by atoms with van der Waals surface area (Å²) in [6, 6.07) is 11.0. The van der Waals surface area contributed by atoms with Gasteiger partial charge in [-0.25, -0.2) is 9.38 Å². The molecule has 2 heterocycles. The smallest absolute Gasteiger partial charge is 0.138 e. The summed E-state index contributed by atoms with van der Waals surface area (Å²) in [6.07, 6.45) is 0. The molecule has 2 aromatic rings. The highest BCUT2D eigenvalue weighted by molar-refractivity contribution is 6.07. The molecule has 2 aliphatic rings. The summed E-state index contributed by atoms with van der Waals surface area (Å²) in [5, 5.41) is 3.37. The fourth-order valence-corrected chi connectivity index (χ4v) is 3.49. The second-order valence-electron chi connectivity index (χ2n) is 6.69. The van der Waals surface area contributed by atoms with Crippen LogP contribution in [0.2, 0.25) is 0 Å². The molecular weight excluding hydrogens is 315 g/mol. The molecule has 0 amide bonds. The zero-order valence-corrected chi connectivity index (χ0v) is 14.7. The predicted octanol–water partition coefficient (Wildman–Crippen LogP) is 3.91. The average Bonchev–Trinajstić information content (AvgIpc) is 2.77. The second kappa shape index (κ2) is 6.48. The molecule has 0 atom stereocenters. The number of fused-ring (bicyclic) bond motifs is 2. The van der Waals surface area contributed by atoms with Crippen LogP contribution in [-0.4, -0.2) is 48.4 Å². The third kappa shape index (κ3) is 3.12. The molecular formula is C20H23FN4. The highest BCUT2D eigenvalue weighted by Gasteiger charge is 2.24. The molecule has 0 spiro atoms. The molecule has 1 saturated heterocycles. The number of aliphatic imine (C=N–C) groups is 1. The molecule has 5 heteroatoms. The van der Waals surface area contributed by atoms with Crippen LogP contribution < -0.4 is 5.32 Å². The van der Waals surface area contributed by atoms with Crippen LogP contribution >= 0.6 is 0 Å². The van der Waals surface area contributed by atoms with Crippen LogP contribution in [0.1, 0.15) is 18.1 Å². The van der Waals surface area contributed by atoms with Crippen molar-refractivity contribution in [3.8, 4) is 0 Å². The Morgan fingerprint density at radius 2 is 1.84 bits per heavy atom. The van der Waals surface area contributed by atoms with E-state index in [1.807, 2.05) is 18.2 Å². The summed E-state index contributed by atoms with van der Waals surface area (Å²) in [6.45, 7) is 9.26. The Bertz CT molecular complexity index is 822. The zero-order chi connectivity index (χ0) is 17.4. The summed E-state index contributed by atoms with van der Waals surface area (Å²) in [7, 11) is 0. The number of hydrogen-bond donors (Lipinski definition) is 1. The maximum absolute atomic E-state index is 13.8. The minimum Gasteiger partial charge on any atom is -0.353 e. The van der Waals surface area contributed by atoms with Gasteiger partial charge in [0.1, 0.15) is 11.7 Å². The van der Waals surface area contributed by atoms with E-state index >= 15 is 0 Å². The standard InChI is InChI=1S/C20H23FN4/c1-3-24-8-10-25(11-9-24)20-16-6-5-15(21)13-18(16)22-17-7-4-14(2)12-19(17)23-20/h4-7,12-13,22H,3,8-11H2,1-2H3. The monoisotopic (exact) mass is 338 g/mol. The van der Waals surface area contributed by atoms with E-state index in [2.05, 4.69) is 35.0 Å². The predicted molar refractivity (Wildman–Crippen MR) is 101 cm³/mol. The minimum absolute atomic E-state index is 0.239. The molecule has 2 aliphatic heterocycles. The van der Waals surface area contributed by atoms with Crippen LogP contribution in [0.5, 0.6) is 0 Å². The van der Waals surface area contributed by atoms with Gasteiger partial charge in [0.05, 0.1) is 17.1 Å². The Hall–Kier alpha value is -2.40. The molecule has 1 N–H and O–H groups in total. The molecule has 0 aliphatic carbocycles. The van der Waals surface area contributed by atoms with Gasteiger partial charge in [-0.05, 0) is 49.4 Å². The molecule has 0 aromatic heterocycles. The average molecular weight is 338 g/mol. The van der Waals surface area contributed by atoms with Gasteiger partial charge in [0, 0.05) is 31.7 Å². The Morgan fingerprint density at radius 1 is 1.04 bits per heavy atom. The van der Waals surface area contributed by atoms with Gasteiger partial charge in [0.2, 0.25) is 0 Å². The number of anilines is 2. The van der Waals surface area contributed by atoms with Crippen LogP contribution in [-0.2, 0) is 0 Å². The zero-order valence-electron chi connectivity index (χ0n) is 14.7.